The minimum atomic E-state index is -0.686. The van der Waals surface area contributed by atoms with Crippen LogP contribution in [0.3, 0.4) is 0 Å². The summed E-state index contributed by atoms with van der Waals surface area (Å²) in [6.45, 7) is 6.38. The van der Waals surface area contributed by atoms with E-state index >= 15 is 0 Å². The number of nitrogens with one attached hydrogen (secondary N) is 4. The number of imidazole rings is 2. The fraction of sp³-hybridized carbons (Fsp3) is 0.450. The lowest BCUT2D eigenvalue weighted by Gasteiger charge is -2.30. The van der Waals surface area contributed by atoms with Gasteiger partial charge in [0, 0.05) is 12.6 Å². The van der Waals surface area contributed by atoms with Gasteiger partial charge in [-0.2, -0.15) is 0 Å². The van der Waals surface area contributed by atoms with E-state index in [9.17, 15) is 19.2 Å². The molecular weight excluding hydrogens is 688 g/mol. The molecule has 2 aromatic heterocycles. The number of likely N-dealkylation sites (tertiary alicyclic amines) is 2. The van der Waals surface area contributed by atoms with Gasteiger partial charge in [0.15, 0.2) is 0 Å². The normalized spacial score (nSPS) is 18.8. The molecule has 4 heterocycles. The first-order chi connectivity index (χ1) is 26.1. The maximum absolute atomic E-state index is 13.5. The Bertz CT molecular complexity index is 1920. The average molecular weight is 739 g/mol. The number of hydrogen-bond donors (Lipinski definition) is 4. The first-order valence-electron chi connectivity index (χ1n) is 18.7. The van der Waals surface area contributed by atoms with Gasteiger partial charge in [-0.15, -0.1) is 0 Å². The second kappa shape index (κ2) is 17.0. The topological polar surface area (TPSA) is 175 Å². The second-order valence-electron chi connectivity index (χ2n) is 14.2. The van der Waals surface area contributed by atoms with Gasteiger partial charge in [-0.25, -0.2) is 19.6 Å². The molecule has 4 atom stereocenters. The van der Waals surface area contributed by atoms with Gasteiger partial charge in [0.05, 0.1) is 50.1 Å². The molecule has 286 valence electrons. The quantitative estimate of drug-likeness (QED) is 0.130. The van der Waals surface area contributed by atoms with Crippen molar-refractivity contribution in [3.8, 4) is 33.6 Å². The van der Waals surface area contributed by atoms with E-state index in [1.54, 1.807) is 11.1 Å². The lowest BCUT2D eigenvalue weighted by molar-refractivity contribution is -0.135. The van der Waals surface area contributed by atoms with Gasteiger partial charge in [0.1, 0.15) is 24.2 Å². The van der Waals surface area contributed by atoms with E-state index in [4.69, 9.17) is 9.72 Å². The second-order valence-corrected chi connectivity index (χ2v) is 14.2. The Kier molecular flexibility index (Phi) is 12.0. The molecule has 54 heavy (non-hydrogen) atoms. The molecule has 4 N–H and O–H groups in total. The van der Waals surface area contributed by atoms with Crippen molar-refractivity contribution in [2.75, 3.05) is 27.3 Å². The van der Waals surface area contributed by atoms with E-state index < -0.39 is 18.2 Å². The van der Waals surface area contributed by atoms with E-state index in [1.165, 1.54) is 14.2 Å². The molecule has 2 aliphatic rings. The Morgan fingerprint density at radius 1 is 0.796 bits per heavy atom. The maximum Gasteiger partial charge on any atom is 0.407 e. The Balaban J connectivity index is 1.11. The van der Waals surface area contributed by atoms with Crippen LogP contribution in [-0.2, 0) is 19.1 Å². The van der Waals surface area contributed by atoms with Crippen LogP contribution in [0, 0.1) is 5.92 Å². The lowest BCUT2D eigenvalue weighted by atomic mass is 10.0. The molecule has 14 nitrogen and oxygen atoms in total. The van der Waals surface area contributed by atoms with E-state index in [1.807, 2.05) is 24.9 Å². The van der Waals surface area contributed by atoms with Gasteiger partial charge in [-0.05, 0) is 60.3 Å². The predicted molar refractivity (Wildman–Crippen MR) is 203 cm³/mol. The fourth-order valence-electron chi connectivity index (χ4n) is 7.64. The molecular formula is C40H50N8O6. The zero-order chi connectivity index (χ0) is 38.4. The third-order valence-corrected chi connectivity index (χ3v) is 10.5. The summed E-state index contributed by atoms with van der Waals surface area (Å²) in [5, 5.41) is 5.21. The minimum absolute atomic E-state index is 0.0932. The van der Waals surface area contributed by atoms with Crippen molar-refractivity contribution in [2.24, 2.45) is 5.92 Å². The highest BCUT2D eigenvalue weighted by Crippen LogP contribution is 2.38. The number of aromatic nitrogens is 4. The van der Waals surface area contributed by atoms with Gasteiger partial charge >= 0.3 is 12.2 Å². The van der Waals surface area contributed by atoms with Gasteiger partial charge in [0.2, 0.25) is 11.8 Å². The first kappa shape index (κ1) is 38.1. The number of carbonyl (C=O) groups excluding carboxylic acids is 4. The van der Waals surface area contributed by atoms with Crippen LogP contribution in [0.1, 0.15) is 83.0 Å². The highest BCUT2D eigenvalue weighted by atomic mass is 16.5. The number of ether oxygens (including phenoxy) is 2. The summed E-state index contributed by atoms with van der Waals surface area (Å²) in [7, 11) is 2.57. The smallest absolute Gasteiger partial charge is 0.407 e. The van der Waals surface area contributed by atoms with Crippen molar-refractivity contribution in [1.29, 1.82) is 0 Å². The Labute approximate surface area is 315 Å². The summed E-state index contributed by atoms with van der Waals surface area (Å²) in [4.78, 5) is 70.2. The van der Waals surface area contributed by atoms with Crippen LogP contribution in [0.15, 0.2) is 60.9 Å². The summed E-state index contributed by atoms with van der Waals surface area (Å²) in [6.07, 6.45) is 7.50. The molecule has 0 spiro atoms. The maximum atomic E-state index is 13.5. The molecule has 4 amide bonds. The monoisotopic (exact) mass is 738 g/mol. The zero-order valence-corrected chi connectivity index (χ0v) is 31.6. The number of benzene rings is 2. The number of H-pyrrole nitrogens is 2. The number of aromatic amines is 2. The number of hydrogen-bond acceptors (Lipinski definition) is 8. The summed E-state index contributed by atoms with van der Waals surface area (Å²) < 4.78 is 9.40. The Hall–Kier alpha value is -5.66. The van der Waals surface area contributed by atoms with E-state index in [0.29, 0.717) is 6.54 Å². The van der Waals surface area contributed by atoms with Crippen LogP contribution in [0.2, 0.25) is 0 Å². The van der Waals surface area contributed by atoms with E-state index in [2.05, 4.69) is 85.8 Å². The first-order valence-corrected chi connectivity index (χ1v) is 18.7. The molecule has 0 radical (unpaired) electrons. The van der Waals surface area contributed by atoms with Gasteiger partial charge in [-0.1, -0.05) is 75.7 Å². The van der Waals surface area contributed by atoms with E-state index in [0.717, 1.165) is 83.8 Å². The molecule has 2 aromatic carbocycles. The molecule has 2 aliphatic heterocycles. The van der Waals surface area contributed by atoms with E-state index in [-0.39, 0.29) is 42.4 Å². The Morgan fingerprint density at radius 3 is 1.89 bits per heavy atom. The highest BCUT2D eigenvalue weighted by molar-refractivity contribution is 5.86. The molecule has 4 aromatic rings. The predicted octanol–water partition coefficient (Wildman–Crippen LogP) is 6.37. The van der Waals surface area contributed by atoms with Crippen LogP contribution in [0.4, 0.5) is 9.59 Å². The van der Waals surface area contributed by atoms with Gasteiger partial charge in [-0.3, -0.25) is 9.59 Å². The number of alkyl carbamates (subject to hydrolysis) is 2. The highest BCUT2D eigenvalue weighted by Gasteiger charge is 2.39. The van der Waals surface area contributed by atoms with Crippen molar-refractivity contribution in [1.82, 2.24) is 40.4 Å². The zero-order valence-electron chi connectivity index (χ0n) is 31.6. The molecule has 0 bridgehead atoms. The summed E-state index contributed by atoms with van der Waals surface area (Å²) in [5.74, 6) is 1.06. The largest absolute Gasteiger partial charge is 0.453 e. The van der Waals surface area contributed by atoms with Crippen LogP contribution in [0.5, 0.6) is 0 Å². The third-order valence-electron chi connectivity index (χ3n) is 10.5. The van der Waals surface area contributed by atoms with Crippen LogP contribution in [-0.4, -0.2) is 93.1 Å². The summed E-state index contributed by atoms with van der Waals surface area (Å²) in [6, 6.07) is 15.5. The van der Waals surface area contributed by atoms with Crippen molar-refractivity contribution >= 4 is 24.0 Å². The molecule has 14 heteroatoms. The van der Waals surface area contributed by atoms with Crippen LogP contribution < -0.4 is 10.6 Å². The Morgan fingerprint density at radius 2 is 1.35 bits per heavy atom. The van der Waals surface area contributed by atoms with Gasteiger partial charge in [0.25, 0.3) is 0 Å². The molecule has 3 unspecified atom stereocenters. The SMILES string of the molecule is CCCC1CCC(c2ncc(-c3ccc(-c4ccc(-c5cnc([C@@H]6CCCN6C(=O)C(NC(=O)OC)C(C)C)[nH]5)cc4)cc3)[nH]2)N1C(=O)CNC(=O)OC. The van der Waals surface area contributed by atoms with Crippen molar-refractivity contribution in [3.05, 3.63) is 72.6 Å². The number of rotatable bonds is 12. The molecule has 2 fully saturated rings. The molecule has 6 rings (SSSR count). The molecule has 2 saturated heterocycles. The van der Waals surface area contributed by atoms with Crippen LogP contribution >= 0.6 is 0 Å². The van der Waals surface area contributed by atoms with Crippen molar-refractivity contribution in [2.45, 2.75) is 83.5 Å². The standard InChI is InChI=1S/C40H50N8O6/c1-6-8-29-18-19-33(48(29)34(49)23-43-39(51)53-4)37-42-22-31(45-37)28-16-12-26(13-17-28)25-10-14-27(15-11-25)30-21-41-36(44-30)32-9-7-20-47(32)38(50)35(24(2)3)46-40(52)54-5/h10-17,21-22,24,29,32-33,35H,6-9,18-20,23H2,1-5H3,(H,41,44)(H,42,45)(H,43,51)(H,46,52)/t29?,32-,33?,35?/m0/s1. The third kappa shape index (κ3) is 8.27. The average Bonchev–Trinajstić information content (AvgIpc) is 4.02. The summed E-state index contributed by atoms with van der Waals surface area (Å²) >= 11 is 0. The number of carbonyl (C=O) groups is 4. The fourth-order valence-corrected chi connectivity index (χ4v) is 7.64. The van der Waals surface area contributed by atoms with Gasteiger partial charge < -0.3 is 39.9 Å². The molecule has 0 saturated carbocycles. The molecule has 0 aliphatic carbocycles. The van der Waals surface area contributed by atoms with Crippen molar-refractivity contribution < 1.29 is 28.7 Å². The minimum Gasteiger partial charge on any atom is -0.453 e. The number of methoxy groups -OCH3 is 2. The van der Waals surface area contributed by atoms with Crippen LogP contribution in [0.25, 0.3) is 33.6 Å². The number of amides is 4. The number of nitrogens with zero attached hydrogens (tertiary/aromatic N) is 4. The van der Waals surface area contributed by atoms with Crippen molar-refractivity contribution in [3.63, 3.8) is 0 Å². The summed E-state index contributed by atoms with van der Waals surface area (Å²) in [5.41, 5.74) is 5.80. The lowest BCUT2D eigenvalue weighted by Crippen LogP contribution is -2.51.